The van der Waals surface area contributed by atoms with Crippen molar-refractivity contribution in [1.82, 2.24) is 25.1 Å². The summed E-state index contributed by atoms with van der Waals surface area (Å²) < 4.78 is 20.4. The van der Waals surface area contributed by atoms with Crippen LogP contribution in [0.2, 0.25) is 0 Å². The van der Waals surface area contributed by atoms with E-state index in [1.165, 1.54) is 12.1 Å². The van der Waals surface area contributed by atoms with E-state index in [-0.39, 0.29) is 5.82 Å². The molecule has 4 rings (SSSR count). The first-order valence-corrected chi connectivity index (χ1v) is 7.58. The summed E-state index contributed by atoms with van der Waals surface area (Å²) in [6, 6.07) is 6.46. The van der Waals surface area contributed by atoms with Crippen LogP contribution in [0.4, 0.5) is 4.39 Å². The molecule has 0 aliphatic carbocycles. The molecule has 3 heterocycles. The second kappa shape index (κ2) is 5.92. The Hall–Kier alpha value is -2.54. The summed E-state index contributed by atoms with van der Waals surface area (Å²) in [5.41, 5.74) is 1.59. The maximum atomic E-state index is 12.9. The molecule has 0 fully saturated rings. The van der Waals surface area contributed by atoms with Gasteiger partial charge in [0, 0.05) is 24.6 Å². The molecule has 0 bridgehead atoms. The van der Waals surface area contributed by atoms with Crippen molar-refractivity contribution >= 4 is 0 Å². The summed E-state index contributed by atoms with van der Waals surface area (Å²) in [7, 11) is 0. The second-order valence-electron chi connectivity index (χ2n) is 5.63. The summed E-state index contributed by atoms with van der Waals surface area (Å²) in [4.78, 5) is 8.67. The number of halogens is 1. The molecule has 0 unspecified atom stereocenters. The molecule has 3 aromatic rings. The van der Waals surface area contributed by atoms with Crippen molar-refractivity contribution in [2.45, 2.75) is 32.0 Å². The van der Waals surface area contributed by atoms with Gasteiger partial charge in [-0.2, -0.15) is 5.10 Å². The molecule has 118 valence electrons. The van der Waals surface area contributed by atoms with Crippen molar-refractivity contribution in [2.24, 2.45) is 0 Å². The van der Waals surface area contributed by atoms with E-state index < -0.39 is 0 Å². The second-order valence-corrected chi connectivity index (χ2v) is 5.63. The normalized spacial score (nSPS) is 17.2. The standard InChI is InChI=1S/C16H16FN5O/c17-12-3-1-11(2-4-12)16-21-14(9-23-16)7-18-13-5-6-15-19-10-20-22(15)8-13/h1-4,9-10,13,18H,5-8H2/t13-/m0/s1. The lowest BCUT2D eigenvalue weighted by Crippen LogP contribution is -2.37. The lowest BCUT2D eigenvalue weighted by molar-refractivity contribution is 0.356. The Bertz CT molecular complexity index is 795. The minimum Gasteiger partial charge on any atom is -0.444 e. The van der Waals surface area contributed by atoms with Crippen LogP contribution in [0.3, 0.4) is 0 Å². The number of fused-ring (bicyclic) bond motifs is 1. The van der Waals surface area contributed by atoms with Crippen LogP contribution < -0.4 is 5.32 Å². The fourth-order valence-electron chi connectivity index (χ4n) is 2.77. The number of aromatic nitrogens is 4. The molecular formula is C16H16FN5O. The Morgan fingerprint density at radius 1 is 1.30 bits per heavy atom. The van der Waals surface area contributed by atoms with Gasteiger partial charge in [-0.1, -0.05) is 0 Å². The van der Waals surface area contributed by atoms with Gasteiger partial charge in [-0.15, -0.1) is 0 Å². The lowest BCUT2D eigenvalue weighted by atomic mass is 10.1. The van der Waals surface area contributed by atoms with Gasteiger partial charge in [0.1, 0.15) is 24.2 Å². The summed E-state index contributed by atoms with van der Waals surface area (Å²) in [5, 5.41) is 7.69. The minimum atomic E-state index is -0.271. The molecule has 23 heavy (non-hydrogen) atoms. The van der Waals surface area contributed by atoms with Gasteiger partial charge in [0.25, 0.3) is 0 Å². The molecule has 2 aromatic heterocycles. The van der Waals surface area contributed by atoms with E-state index >= 15 is 0 Å². The highest BCUT2D eigenvalue weighted by Crippen LogP contribution is 2.19. The average Bonchev–Trinajstić information content (AvgIpc) is 3.22. The van der Waals surface area contributed by atoms with Crippen molar-refractivity contribution in [3.63, 3.8) is 0 Å². The number of nitrogens with one attached hydrogen (secondary N) is 1. The van der Waals surface area contributed by atoms with E-state index in [0.717, 1.165) is 36.5 Å². The van der Waals surface area contributed by atoms with E-state index in [9.17, 15) is 4.39 Å². The number of hydrogen-bond acceptors (Lipinski definition) is 5. The van der Waals surface area contributed by atoms with Gasteiger partial charge in [0.2, 0.25) is 5.89 Å². The number of aryl methyl sites for hydroxylation is 1. The van der Waals surface area contributed by atoms with E-state index in [0.29, 0.717) is 18.5 Å². The molecule has 1 N–H and O–H groups in total. The zero-order valence-corrected chi connectivity index (χ0v) is 12.4. The molecule has 1 aromatic carbocycles. The molecule has 1 atom stereocenters. The predicted molar refractivity (Wildman–Crippen MR) is 80.9 cm³/mol. The number of benzene rings is 1. The summed E-state index contributed by atoms with van der Waals surface area (Å²) >= 11 is 0. The summed E-state index contributed by atoms with van der Waals surface area (Å²) in [6.45, 7) is 1.44. The van der Waals surface area contributed by atoms with Gasteiger partial charge in [-0.05, 0) is 30.7 Å². The molecule has 7 heteroatoms. The van der Waals surface area contributed by atoms with Crippen LogP contribution in [0.5, 0.6) is 0 Å². The Morgan fingerprint density at radius 3 is 3.04 bits per heavy atom. The Kier molecular flexibility index (Phi) is 3.63. The van der Waals surface area contributed by atoms with Crippen molar-refractivity contribution in [3.8, 4) is 11.5 Å². The Balaban J connectivity index is 1.38. The molecular weight excluding hydrogens is 297 g/mol. The van der Waals surface area contributed by atoms with Gasteiger partial charge in [-0.3, -0.25) is 0 Å². The van der Waals surface area contributed by atoms with Gasteiger partial charge in [0.15, 0.2) is 0 Å². The third kappa shape index (κ3) is 3.00. The monoisotopic (exact) mass is 313 g/mol. The molecule has 0 spiro atoms. The van der Waals surface area contributed by atoms with Crippen LogP contribution in [-0.2, 0) is 19.5 Å². The smallest absolute Gasteiger partial charge is 0.226 e. The van der Waals surface area contributed by atoms with Crippen LogP contribution >= 0.6 is 0 Å². The zero-order valence-electron chi connectivity index (χ0n) is 12.4. The highest BCUT2D eigenvalue weighted by atomic mass is 19.1. The number of rotatable bonds is 4. The first-order valence-electron chi connectivity index (χ1n) is 7.58. The summed E-state index contributed by atoms with van der Waals surface area (Å²) in [6.07, 6.45) is 5.19. The van der Waals surface area contributed by atoms with Crippen molar-refractivity contribution in [3.05, 3.63) is 54.2 Å². The largest absolute Gasteiger partial charge is 0.444 e. The van der Waals surface area contributed by atoms with E-state index in [2.05, 4.69) is 20.4 Å². The predicted octanol–water partition coefficient (Wildman–Crippen LogP) is 2.18. The van der Waals surface area contributed by atoms with E-state index in [1.807, 2.05) is 4.68 Å². The lowest BCUT2D eigenvalue weighted by Gasteiger charge is -2.23. The third-order valence-corrected chi connectivity index (χ3v) is 4.02. The molecule has 1 aliphatic rings. The first-order chi connectivity index (χ1) is 11.3. The van der Waals surface area contributed by atoms with Crippen LogP contribution in [0.25, 0.3) is 11.5 Å². The van der Waals surface area contributed by atoms with E-state index in [1.54, 1.807) is 24.7 Å². The van der Waals surface area contributed by atoms with Gasteiger partial charge < -0.3 is 9.73 Å². The maximum absolute atomic E-state index is 12.9. The highest BCUT2D eigenvalue weighted by Gasteiger charge is 2.19. The molecule has 6 nitrogen and oxygen atoms in total. The average molecular weight is 313 g/mol. The first kappa shape index (κ1) is 14.1. The third-order valence-electron chi connectivity index (χ3n) is 4.02. The zero-order chi connectivity index (χ0) is 15.6. The van der Waals surface area contributed by atoms with Gasteiger partial charge >= 0.3 is 0 Å². The molecule has 0 radical (unpaired) electrons. The molecule has 0 amide bonds. The SMILES string of the molecule is Fc1ccc(-c2nc(CN[C@H]3CCc4ncnn4C3)co2)cc1. The minimum absolute atomic E-state index is 0.271. The summed E-state index contributed by atoms with van der Waals surface area (Å²) in [5.74, 6) is 1.28. The van der Waals surface area contributed by atoms with Crippen LogP contribution in [0.1, 0.15) is 17.9 Å². The Labute approximate surface area is 132 Å². The number of oxazole rings is 1. The van der Waals surface area contributed by atoms with Gasteiger partial charge in [0.05, 0.1) is 12.2 Å². The quantitative estimate of drug-likeness (QED) is 0.799. The fourth-order valence-corrected chi connectivity index (χ4v) is 2.77. The molecule has 1 aliphatic heterocycles. The number of nitrogens with zero attached hydrogens (tertiary/aromatic N) is 4. The maximum Gasteiger partial charge on any atom is 0.226 e. The van der Waals surface area contributed by atoms with Crippen LogP contribution in [-0.4, -0.2) is 25.8 Å². The van der Waals surface area contributed by atoms with Gasteiger partial charge in [-0.25, -0.2) is 19.0 Å². The van der Waals surface area contributed by atoms with Crippen molar-refractivity contribution in [1.29, 1.82) is 0 Å². The highest BCUT2D eigenvalue weighted by molar-refractivity contribution is 5.52. The van der Waals surface area contributed by atoms with Crippen LogP contribution in [0, 0.1) is 5.82 Å². The topological polar surface area (TPSA) is 68.8 Å². The van der Waals surface area contributed by atoms with E-state index in [4.69, 9.17) is 4.42 Å². The Morgan fingerprint density at radius 2 is 2.17 bits per heavy atom. The molecule has 0 saturated heterocycles. The number of hydrogen-bond donors (Lipinski definition) is 1. The van der Waals surface area contributed by atoms with Crippen LogP contribution in [0.15, 0.2) is 41.3 Å². The van der Waals surface area contributed by atoms with Crippen molar-refractivity contribution in [2.75, 3.05) is 0 Å². The molecule has 0 saturated carbocycles. The fraction of sp³-hybridized carbons (Fsp3) is 0.312. The van der Waals surface area contributed by atoms with Crippen molar-refractivity contribution < 1.29 is 8.81 Å².